The van der Waals surface area contributed by atoms with E-state index < -0.39 is 4.92 Å². The Labute approximate surface area is 80.3 Å². The number of nitro groups is 1. The predicted octanol–water partition coefficient (Wildman–Crippen LogP) is -0.0170. The van der Waals surface area contributed by atoms with Crippen LogP contribution in [0.25, 0.3) is 0 Å². The standard InChI is InChI=1S/C7H10N4O3/c1-8-2-3-14-7-9-4-6(5-10-7)11(12)13/h4-5,8H,2-3H2,1H3. The summed E-state index contributed by atoms with van der Waals surface area (Å²) < 4.78 is 5.07. The number of likely N-dealkylation sites (N-methyl/N-ethyl adjacent to an activating group) is 1. The fourth-order valence-corrected chi connectivity index (χ4v) is 0.723. The summed E-state index contributed by atoms with van der Waals surface area (Å²) in [5.74, 6) is 0. The third-order valence-electron chi connectivity index (χ3n) is 1.41. The first-order valence-electron chi connectivity index (χ1n) is 3.98. The Kier molecular flexibility index (Phi) is 3.74. The molecule has 1 N–H and O–H groups in total. The molecule has 7 heteroatoms. The highest BCUT2D eigenvalue weighted by atomic mass is 16.6. The normalized spacial score (nSPS) is 9.79. The van der Waals surface area contributed by atoms with Gasteiger partial charge in [0.25, 0.3) is 0 Å². The summed E-state index contributed by atoms with van der Waals surface area (Å²) >= 11 is 0. The SMILES string of the molecule is CNCCOc1ncc([N+](=O)[O-])cn1. The monoisotopic (exact) mass is 198 g/mol. The van der Waals surface area contributed by atoms with Gasteiger partial charge in [0.1, 0.15) is 19.0 Å². The van der Waals surface area contributed by atoms with Gasteiger partial charge in [-0.2, -0.15) is 9.97 Å². The molecule has 0 spiro atoms. The van der Waals surface area contributed by atoms with E-state index in [4.69, 9.17) is 4.74 Å². The molecule has 0 amide bonds. The van der Waals surface area contributed by atoms with Crippen LogP contribution < -0.4 is 10.1 Å². The molecular formula is C7H10N4O3. The van der Waals surface area contributed by atoms with E-state index >= 15 is 0 Å². The van der Waals surface area contributed by atoms with E-state index in [1.807, 2.05) is 0 Å². The molecule has 1 aromatic heterocycles. The fraction of sp³-hybridized carbons (Fsp3) is 0.429. The van der Waals surface area contributed by atoms with Gasteiger partial charge in [-0.15, -0.1) is 0 Å². The number of ether oxygens (including phenoxy) is 1. The maximum Gasteiger partial charge on any atom is 0.316 e. The highest BCUT2D eigenvalue weighted by Crippen LogP contribution is 2.08. The lowest BCUT2D eigenvalue weighted by atomic mass is 10.6. The zero-order valence-corrected chi connectivity index (χ0v) is 7.64. The maximum atomic E-state index is 10.2. The third kappa shape index (κ3) is 2.94. The molecule has 0 fully saturated rings. The Hall–Kier alpha value is -1.76. The first-order valence-corrected chi connectivity index (χ1v) is 3.98. The van der Waals surface area contributed by atoms with Gasteiger partial charge in [-0.1, -0.05) is 0 Å². The zero-order valence-electron chi connectivity index (χ0n) is 7.64. The lowest BCUT2D eigenvalue weighted by Gasteiger charge is -2.01. The number of nitrogens with one attached hydrogen (secondary N) is 1. The summed E-state index contributed by atoms with van der Waals surface area (Å²) in [4.78, 5) is 17.0. The van der Waals surface area contributed by atoms with Crippen molar-refractivity contribution in [2.75, 3.05) is 20.2 Å². The van der Waals surface area contributed by atoms with Crippen LogP contribution in [0.1, 0.15) is 0 Å². The summed E-state index contributed by atoms with van der Waals surface area (Å²) in [6.45, 7) is 1.09. The van der Waals surface area contributed by atoms with Crippen LogP contribution in [0.3, 0.4) is 0 Å². The van der Waals surface area contributed by atoms with E-state index in [2.05, 4.69) is 15.3 Å². The molecule has 0 radical (unpaired) electrons. The molecule has 0 bridgehead atoms. The van der Waals surface area contributed by atoms with E-state index in [0.717, 1.165) is 12.4 Å². The van der Waals surface area contributed by atoms with Crippen LogP contribution in [0.4, 0.5) is 5.69 Å². The molecule has 1 heterocycles. The second kappa shape index (κ2) is 5.07. The van der Waals surface area contributed by atoms with Crippen molar-refractivity contribution in [3.8, 4) is 6.01 Å². The van der Waals surface area contributed by atoms with Crippen LogP contribution in [-0.2, 0) is 0 Å². The third-order valence-corrected chi connectivity index (χ3v) is 1.41. The molecule has 0 saturated heterocycles. The number of hydrogen-bond acceptors (Lipinski definition) is 6. The molecular weight excluding hydrogens is 188 g/mol. The Bertz CT molecular complexity index is 300. The minimum Gasteiger partial charge on any atom is -0.462 e. The van der Waals surface area contributed by atoms with Gasteiger partial charge in [-0.25, -0.2) is 0 Å². The highest BCUT2D eigenvalue weighted by Gasteiger charge is 2.06. The number of rotatable bonds is 5. The smallest absolute Gasteiger partial charge is 0.316 e. The molecule has 14 heavy (non-hydrogen) atoms. The first kappa shape index (κ1) is 10.3. The molecule has 0 aliphatic carbocycles. The highest BCUT2D eigenvalue weighted by molar-refractivity contribution is 5.21. The number of aromatic nitrogens is 2. The van der Waals surface area contributed by atoms with Crippen LogP contribution in [0, 0.1) is 10.1 Å². The Morgan fingerprint density at radius 2 is 2.21 bits per heavy atom. The van der Waals surface area contributed by atoms with Gasteiger partial charge in [0.2, 0.25) is 0 Å². The van der Waals surface area contributed by atoms with Crippen LogP contribution in [0.15, 0.2) is 12.4 Å². The lowest BCUT2D eigenvalue weighted by molar-refractivity contribution is -0.385. The Morgan fingerprint density at radius 1 is 1.57 bits per heavy atom. The second-order valence-electron chi connectivity index (χ2n) is 2.43. The summed E-state index contributed by atoms with van der Waals surface area (Å²) in [7, 11) is 1.79. The topological polar surface area (TPSA) is 90.2 Å². The van der Waals surface area contributed by atoms with Gasteiger partial charge in [0.15, 0.2) is 0 Å². The van der Waals surface area contributed by atoms with E-state index in [1.165, 1.54) is 0 Å². The predicted molar refractivity (Wildman–Crippen MR) is 48.1 cm³/mol. The molecule has 1 rings (SSSR count). The summed E-state index contributed by atoms with van der Waals surface area (Å²) in [5, 5.41) is 13.1. The van der Waals surface area contributed by atoms with Crippen molar-refractivity contribution in [3.63, 3.8) is 0 Å². The quantitative estimate of drug-likeness (QED) is 0.406. The van der Waals surface area contributed by atoms with Crippen LogP contribution in [0.2, 0.25) is 0 Å². The van der Waals surface area contributed by atoms with Crippen LogP contribution >= 0.6 is 0 Å². The van der Waals surface area contributed by atoms with Crippen molar-refractivity contribution in [2.45, 2.75) is 0 Å². The molecule has 0 aromatic carbocycles. The molecule has 0 atom stereocenters. The van der Waals surface area contributed by atoms with E-state index in [-0.39, 0.29) is 11.7 Å². The summed E-state index contributed by atoms with van der Waals surface area (Å²) in [6.07, 6.45) is 2.23. The summed E-state index contributed by atoms with van der Waals surface area (Å²) in [6, 6.07) is 0.144. The molecule has 0 aliphatic heterocycles. The second-order valence-corrected chi connectivity index (χ2v) is 2.43. The van der Waals surface area contributed by atoms with E-state index in [1.54, 1.807) is 7.05 Å². The minimum atomic E-state index is -0.558. The van der Waals surface area contributed by atoms with Crippen LogP contribution in [-0.4, -0.2) is 35.1 Å². The van der Waals surface area contributed by atoms with Crippen molar-refractivity contribution in [3.05, 3.63) is 22.5 Å². The Balaban J connectivity index is 2.51. The van der Waals surface area contributed by atoms with Crippen molar-refractivity contribution < 1.29 is 9.66 Å². The molecule has 0 unspecified atom stereocenters. The number of nitrogens with zero attached hydrogens (tertiary/aromatic N) is 3. The average Bonchev–Trinajstić information content (AvgIpc) is 2.19. The average molecular weight is 198 g/mol. The van der Waals surface area contributed by atoms with Crippen molar-refractivity contribution >= 4 is 5.69 Å². The summed E-state index contributed by atoms with van der Waals surface area (Å²) in [5.41, 5.74) is -0.147. The van der Waals surface area contributed by atoms with E-state index in [0.29, 0.717) is 13.2 Å². The fourth-order valence-electron chi connectivity index (χ4n) is 0.723. The van der Waals surface area contributed by atoms with Gasteiger partial charge in [-0.05, 0) is 7.05 Å². The minimum absolute atomic E-state index is 0.144. The van der Waals surface area contributed by atoms with Crippen molar-refractivity contribution in [1.29, 1.82) is 0 Å². The first-order chi connectivity index (χ1) is 6.74. The zero-order chi connectivity index (χ0) is 10.4. The maximum absolute atomic E-state index is 10.2. The van der Waals surface area contributed by atoms with Gasteiger partial charge in [0.05, 0.1) is 4.92 Å². The van der Waals surface area contributed by atoms with Gasteiger partial charge in [0, 0.05) is 6.54 Å². The van der Waals surface area contributed by atoms with Crippen molar-refractivity contribution in [1.82, 2.24) is 15.3 Å². The number of hydrogen-bond donors (Lipinski definition) is 1. The molecule has 76 valence electrons. The largest absolute Gasteiger partial charge is 0.462 e. The molecule has 7 nitrogen and oxygen atoms in total. The van der Waals surface area contributed by atoms with Crippen LogP contribution in [0.5, 0.6) is 6.01 Å². The molecule has 1 aromatic rings. The van der Waals surface area contributed by atoms with E-state index in [9.17, 15) is 10.1 Å². The van der Waals surface area contributed by atoms with Gasteiger partial charge in [-0.3, -0.25) is 10.1 Å². The Morgan fingerprint density at radius 3 is 2.71 bits per heavy atom. The molecule has 0 aliphatic rings. The molecule has 0 saturated carbocycles. The van der Waals surface area contributed by atoms with Gasteiger partial charge >= 0.3 is 11.7 Å². The lowest BCUT2D eigenvalue weighted by Crippen LogP contribution is -2.16. The van der Waals surface area contributed by atoms with Crippen molar-refractivity contribution in [2.24, 2.45) is 0 Å². The van der Waals surface area contributed by atoms with Gasteiger partial charge < -0.3 is 10.1 Å².